The molecule has 2 aliphatic rings. The van der Waals surface area contributed by atoms with Gasteiger partial charge in [-0.15, -0.1) is 0 Å². The second-order valence-electron chi connectivity index (χ2n) is 7.00. The van der Waals surface area contributed by atoms with E-state index in [1.165, 1.54) is 5.56 Å². The predicted octanol–water partition coefficient (Wildman–Crippen LogP) is 1.87. The molecule has 1 aliphatic heterocycles. The van der Waals surface area contributed by atoms with Crippen molar-refractivity contribution in [1.82, 2.24) is 15.0 Å². The summed E-state index contributed by atoms with van der Waals surface area (Å²) in [4.78, 5) is 15.2. The zero-order valence-corrected chi connectivity index (χ0v) is 13.8. The highest BCUT2D eigenvalue weighted by molar-refractivity contribution is 5.41. The second kappa shape index (κ2) is 6.36. The first kappa shape index (κ1) is 15.3. The topological polar surface area (TPSA) is 74.2 Å². The van der Waals surface area contributed by atoms with Gasteiger partial charge < -0.3 is 15.3 Å². The molecule has 24 heavy (non-hydrogen) atoms. The molecular weight excluding hydrogens is 302 g/mol. The number of hydrogen-bond acceptors (Lipinski definition) is 6. The molecule has 1 saturated carbocycles. The average molecular weight is 325 g/mol. The fourth-order valence-corrected chi connectivity index (χ4v) is 3.98. The van der Waals surface area contributed by atoms with Gasteiger partial charge in [-0.1, -0.05) is 6.07 Å². The van der Waals surface area contributed by atoms with Gasteiger partial charge in [0.15, 0.2) is 0 Å². The van der Waals surface area contributed by atoms with Crippen LogP contribution in [-0.4, -0.2) is 45.3 Å². The van der Waals surface area contributed by atoms with E-state index in [2.05, 4.69) is 44.2 Å². The van der Waals surface area contributed by atoms with Gasteiger partial charge in [-0.2, -0.15) is 0 Å². The normalized spacial score (nSPS) is 29.3. The van der Waals surface area contributed by atoms with Gasteiger partial charge >= 0.3 is 0 Å². The number of aliphatic hydroxyl groups excluding tert-OH is 1. The Balaban J connectivity index is 1.44. The molecule has 2 fully saturated rings. The summed E-state index contributed by atoms with van der Waals surface area (Å²) in [5.74, 6) is 2.88. The predicted molar refractivity (Wildman–Crippen MR) is 92.9 cm³/mol. The van der Waals surface area contributed by atoms with Crippen LogP contribution in [0.3, 0.4) is 0 Å². The largest absolute Gasteiger partial charge is 0.391 e. The third kappa shape index (κ3) is 3.06. The van der Waals surface area contributed by atoms with Crippen LogP contribution in [0.2, 0.25) is 0 Å². The Morgan fingerprint density at radius 2 is 1.92 bits per heavy atom. The summed E-state index contributed by atoms with van der Waals surface area (Å²) in [5, 5.41) is 13.9. The highest BCUT2D eigenvalue weighted by atomic mass is 16.3. The molecular formula is C18H23N5O. The van der Waals surface area contributed by atoms with E-state index in [1.54, 1.807) is 18.6 Å². The first-order chi connectivity index (χ1) is 11.7. The van der Waals surface area contributed by atoms with E-state index in [1.807, 2.05) is 6.20 Å². The molecule has 0 bridgehead atoms. The molecule has 0 unspecified atom stereocenters. The van der Waals surface area contributed by atoms with Crippen molar-refractivity contribution in [2.75, 3.05) is 23.3 Å². The van der Waals surface area contributed by atoms with Crippen molar-refractivity contribution in [3.8, 4) is 0 Å². The second-order valence-corrected chi connectivity index (χ2v) is 7.00. The van der Waals surface area contributed by atoms with Gasteiger partial charge in [0.2, 0.25) is 0 Å². The molecule has 2 N–H and O–H groups in total. The molecule has 2 aromatic heterocycles. The highest BCUT2D eigenvalue weighted by Gasteiger charge is 2.42. The van der Waals surface area contributed by atoms with Crippen LogP contribution in [0.15, 0.2) is 36.9 Å². The van der Waals surface area contributed by atoms with E-state index in [9.17, 15) is 5.11 Å². The lowest BCUT2D eigenvalue weighted by atomic mass is 9.77. The Morgan fingerprint density at radius 3 is 2.62 bits per heavy atom. The van der Waals surface area contributed by atoms with Crippen molar-refractivity contribution in [2.24, 2.45) is 11.8 Å². The number of rotatable bonds is 3. The van der Waals surface area contributed by atoms with Crippen LogP contribution in [0.25, 0.3) is 0 Å². The quantitative estimate of drug-likeness (QED) is 0.897. The number of aliphatic hydroxyl groups is 1. The van der Waals surface area contributed by atoms with Crippen molar-refractivity contribution < 1.29 is 5.11 Å². The molecule has 2 aromatic rings. The van der Waals surface area contributed by atoms with Crippen molar-refractivity contribution >= 4 is 11.6 Å². The molecule has 0 aromatic carbocycles. The Bertz CT molecular complexity index is 678. The molecule has 126 valence electrons. The van der Waals surface area contributed by atoms with Crippen LogP contribution in [0.5, 0.6) is 0 Å². The van der Waals surface area contributed by atoms with E-state index >= 15 is 0 Å². The maximum absolute atomic E-state index is 10.5. The number of anilines is 2. The minimum Gasteiger partial charge on any atom is -0.391 e. The minimum absolute atomic E-state index is 0.0360. The van der Waals surface area contributed by atoms with Gasteiger partial charge in [-0.05, 0) is 43.2 Å². The Kier molecular flexibility index (Phi) is 4.06. The molecule has 0 radical (unpaired) electrons. The van der Waals surface area contributed by atoms with Crippen LogP contribution in [0, 0.1) is 18.8 Å². The Morgan fingerprint density at radius 1 is 1.08 bits per heavy atom. The number of pyridine rings is 1. The number of aryl methyl sites for hydroxylation is 1. The number of hydrogen-bond donors (Lipinski definition) is 2. The van der Waals surface area contributed by atoms with Gasteiger partial charge in [0, 0.05) is 31.7 Å². The lowest BCUT2D eigenvalue weighted by molar-refractivity contribution is 0.0737. The molecule has 1 aliphatic carbocycles. The molecule has 0 spiro atoms. The monoisotopic (exact) mass is 325 g/mol. The van der Waals surface area contributed by atoms with E-state index in [4.69, 9.17) is 0 Å². The highest BCUT2D eigenvalue weighted by Crippen LogP contribution is 2.38. The Labute approximate surface area is 142 Å². The first-order valence-corrected chi connectivity index (χ1v) is 8.57. The van der Waals surface area contributed by atoms with Gasteiger partial charge in [0.05, 0.1) is 18.3 Å². The standard InChI is InChI=1S/C18H23N5O/c1-12-2-3-18(21-8-12)23-10-13-6-15(16(24)7-14(13)11-23)22-17-9-19-4-5-20-17/h2-5,8-9,13-16,24H,6-7,10-11H2,1H3,(H,20,22)/t13-,14+,15-,16-/m1/s1. The van der Waals surface area contributed by atoms with Crippen molar-refractivity contribution in [2.45, 2.75) is 31.9 Å². The lowest BCUT2D eigenvalue weighted by Gasteiger charge is -2.35. The van der Waals surface area contributed by atoms with Gasteiger partial charge in [-0.25, -0.2) is 9.97 Å². The van der Waals surface area contributed by atoms with Gasteiger partial charge in [0.25, 0.3) is 0 Å². The fraction of sp³-hybridized carbons (Fsp3) is 0.500. The van der Waals surface area contributed by atoms with Crippen LogP contribution >= 0.6 is 0 Å². The number of aromatic nitrogens is 3. The number of fused-ring (bicyclic) bond motifs is 1. The molecule has 1 saturated heterocycles. The van der Waals surface area contributed by atoms with E-state index < -0.39 is 0 Å². The number of nitrogens with one attached hydrogen (secondary N) is 1. The van der Waals surface area contributed by atoms with E-state index in [0.29, 0.717) is 11.8 Å². The summed E-state index contributed by atoms with van der Waals surface area (Å²) in [6.45, 7) is 4.04. The third-order valence-corrected chi connectivity index (χ3v) is 5.26. The molecule has 3 heterocycles. The van der Waals surface area contributed by atoms with Gasteiger partial charge in [0.1, 0.15) is 11.6 Å². The summed E-state index contributed by atoms with van der Waals surface area (Å²) in [5.41, 5.74) is 1.18. The first-order valence-electron chi connectivity index (χ1n) is 8.57. The smallest absolute Gasteiger partial charge is 0.144 e. The summed E-state index contributed by atoms with van der Waals surface area (Å²) < 4.78 is 0. The third-order valence-electron chi connectivity index (χ3n) is 5.26. The summed E-state index contributed by atoms with van der Waals surface area (Å²) in [7, 11) is 0. The fourth-order valence-electron chi connectivity index (χ4n) is 3.98. The van der Waals surface area contributed by atoms with Crippen molar-refractivity contribution in [3.05, 3.63) is 42.5 Å². The summed E-state index contributed by atoms with van der Waals surface area (Å²) >= 11 is 0. The van der Waals surface area contributed by atoms with E-state index in [-0.39, 0.29) is 12.1 Å². The molecule has 4 atom stereocenters. The Hall–Kier alpha value is -2.21. The molecule has 0 amide bonds. The van der Waals surface area contributed by atoms with Crippen LogP contribution in [-0.2, 0) is 0 Å². The van der Waals surface area contributed by atoms with Crippen molar-refractivity contribution in [1.29, 1.82) is 0 Å². The lowest BCUT2D eigenvalue weighted by Crippen LogP contribution is -2.43. The molecule has 6 nitrogen and oxygen atoms in total. The SMILES string of the molecule is Cc1ccc(N2C[C@H]3C[C@@H](Nc4cnccn4)[C@H](O)C[C@H]3C2)nc1. The summed E-state index contributed by atoms with van der Waals surface area (Å²) in [6, 6.07) is 4.24. The van der Waals surface area contributed by atoms with Crippen LogP contribution < -0.4 is 10.2 Å². The molecule has 6 heteroatoms. The van der Waals surface area contributed by atoms with Crippen LogP contribution in [0.1, 0.15) is 18.4 Å². The zero-order valence-electron chi connectivity index (χ0n) is 13.8. The van der Waals surface area contributed by atoms with E-state index in [0.717, 1.165) is 37.6 Å². The van der Waals surface area contributed by atoms with Gasteiger partial charge in [-0.3, -0.25) is 4.98 Å². The molecule has 4 rings (SSSR count). The zero-order chi connectivity index (χ0) is 16.5. The summed E-state index contributed by atoms with van der Waals surface area (Å²) in [6.07, 6.45) is 8.37. The average Bonchev–Trinajstić information content (AvgIpc) is 2.99. The maximum Gasteiger partial charge on any atom is 0.144 e. The number of nitrogens with zero attached hydrogens (tertiary/aromatic N) is 4. The minimum atomic E-state index is -0.348. The van der Waals surface area contributed by atoms with Crippen LogP contribution in [0.4, 0.5) is 11.6 Å². The maximum atomic E-state index is 10.5. The van der Waals surface area contributed by atoms with Crippen molar-refractivity contribution in [3.63, 3.8) is 0 Å².